The van der Waals surface area contributed by atoms with E-state index in [0.29, 0.717) is 17.0 Å². The zero-order chi connectivity index (χ0) is 21.7. The Morgan fingerprint density at radius 3 is 2.43 bits per heavy atom. The molecule has 0 aliphatic carbocycles. The van der Waals surface area contributed by atoms with Crippen molar-refractivity contribution in [3.63, 3.8) is 0 Å². The summed E-state index contributed by atoms with van der Waals surface area (Å²) < 4.78 is 9.15. The molecule has 2 aromatic carbocycles. The Morgan fingerprint density at radius 2 is 1.83 bits per heavy atom. The lowest BCUT2D eigenvalue weighted by Crippen LogP contribution is -2.49. The van der Waals surface area contributed by atoms with E-state index in [1.165, 1.54) is 4.90 Å². The Hall–Kier alpha value is -3.26. The Morgan fingerprint density at radius 1 is 1.10 bits per heavy atom. The highest BCUT2D eigenvalue weighted by Gasteiger charge is 2.35. The first kappa shape index (κ1) is 21.4. The third kappa shape index (κ3) is 5.01. The summed E-state index contributed by atoms with van der Waals surface area (Å²) in [6.07, 6.45) is 0. The fourth-order valence-electron chi connectivity index (χ4n) is 3.02. The number of benzene rings is 2. The van der Waals surface area contributed by atoms with Crippen LogP contribution in [0.5, 0.6) is 5.75 Å². The van der Waals surface area contributed by atoms with E-state index in [1.807, 2.05) is 51.1 Å². The van der Waals surface area contributed by atoms with Crippen LogP contribution >= 0.6 is 11.5 Å². The van der Waals surface area contributed by atoms with Crippen LogP contribution in [-0.4, -0.2) is 34.1 Å². The van der Waals surface area contributed by atoms with Crippen LogP contribution in [0.1, 0.15) is 42.9 Å². The van der Waals surface area contributed by atoms with Gasteiger partial charge in [0.25, 0.3) is 5.91 Å². The highest BCUT2D eigenvalue weighted by Crippen LogP contribution is 2.32. The van der Waals surface area contributed by atoms with E-state index in [0.717, 1.165) is 11.5 Å². The van der Waals surface area contributed by atoms with Gasteiger partial charge in [-0.2, -0.15) is 0 Å². The topological polar surface area (TPSA) is 84.4 Å². The van der Waals surface area contributed by atoms with Crippen LogP contribution in [0, 0.1) is 0 Å². The lowest BCUT2D eigenvalue weighted by Gasteiger charge is -2.33. The van der Waals surface area contributed by atoms with Crippen molar-refractivity contribution < 1.29 is 14.3 Å². The molecule has 1 atom stereocenters. The van der Waals surface area contributed by atoms with Crippen LogP contribution in [0.25, 0.3) is 0 Å². The molecule has 3 aromatic rings. The summed E-state index contributed by atoms with van der Waals surface area (Å²) >= 11 is 1.08. The largest absolute Gasteiger partial charge is 0.497 e. The molecular formula is C22H24N4O3S. The van der Waals surface area contributed by atoms with E-state index in [4.69, 9.17) is 4.74 Å². The first-order valence-electron chi connectivity index (χ1n) is 9.42. The molecule has 1 N–H and O–H groups in total. The number of amides is 2. The SMILES string of the molecule is COc1cccc(N(C(=O)c2csnn2)C(C(=O)NC(C)(C)C)c2ccccc2)c1. The van der Waals surface area contributed by atoms with E-state index in [2.05, 4.69) is 14.9 Å². The summed E-state index contributed by atoms with van der Waals surface area (Å²) in [6, 6.07) is 15.3. The van der Waals surface area contributed by atoms with Gasteiger partial charge in [0, 0.05) is 22.7 Å². The first-order chi connectivity index (χ1) is 14.3. The van der Waals surface area contributed by atoms with Gasteiger partial charge in [0.15, 0.2) is 5.69 Å². The van der Waals surface area contributed by atoms with Gasteiger partial charge < -0.3 is 10.1 Å². The van der Waals surface area contributed by atoms with Crippen LogP contribution in [0.15, 0.2) is 60.0 Å². The fraction of sp³-hybridized carbons (Fsp3) is 0.273. The summed E-state index contributed by atoms with van der Waals surface area (Å²) in [5.74, 6) is -0.146. The second kappa shape index (κ2) is 9.04. The molecule has 8 heteroatoms. The molecule has 0 fully saturated rings. The van der Waals surface area contributed by atoms with Crippen molar-refractivity contribution >= 4 is 29.0 Å². The quantitative estimate of drug-likeness (QED) is 0.650. The number of nitrogens with one attached hydrogen (secondary N) is 1. The molecule has 156 valence electrons. The summed E-state index contributed by atoms with van der Waals surface area (Å²) in [5.41, 5.74) is 0.895. The van der Waals surface area contributed by atoms with Gasteiger partial charge in [0.05, 0.1) is 7.11 Å². The number of carbonyl (C=O) groups excluding carboxylic acids is 2. The van der Waals surface area contributed by atoms with Crippen molar-refractivity contribution in [1.29, 1.82) is 0 Å². The summed E-state index contributed by atoms with van der Waals surface area (Å²) in [5, 5.41) is 8.50. The monoisotopic (exact) mass is 424 g/mol. The lowest BCUT2D eigenvalue weighted by atomic mass is 10.0. The van der Waals surface area contributed by atoms with E-state index in [9.17, 15) is 9.59 Å². The highest BCUT2D eigenvalue weighted by atomic mass is 32.1. The molecule has 0 saturated carbocycles. The van der Waals surface area contributed by atoms with Gasteiger partial charge in [-0.3, -0.25) is 14.5 Å². The molecule has 0 aliphatic rings. The molecule has 1 aromatic heterocycles. The third-order valence-corrected chi connectivity index (χ3v) is 4.75. The standard InChI is InChI=1S/C22H24N4O3S/c1-22(2,3)23-20(27)19(15-9-6-5-7-10-15)26(21(28)18-14-30-25-24-18)16-11-8-12-17(13-16)29-4/h5-14,19H,1-4H3,(H,23,27). The van der Waals surface area contributed by atoms with Crippen molar-refractivity contribution in [3.8, 4) is 5.75 Å². The normalized spacial score (nSPS) is 12.1. The molecule has 2 amide bonds. The molecule has 0 bridgehead atoms. The first-order valence-corrected chi connectivity index (χ1v) is 10.3. The molecule has 0 radical (unpaired) electrons. The minimum atomic E-state index is -0.910. The predicted octanol–water partition coefficient (Wildman–Crippen LogP) is 3.85. The van der Waals surface area contributed by atoms with E-state index >= 15 is 0 Å². The number of anilines is 1. The summed E-state index contributed by atoms with van der Waals surface area (Å²) in [4.78, 5) is 28.4. The van der Waals surface area contributed by atoms with Crippen LogP contribution in [0.4, 0.5) is 5.69 Å². The van der Waals surface area contributed by atoms with Crippen molar-refractivity contribution in [2.75, 3.05) is 12.0 Å². The molecular weight excluding hydrogens is 400 g/mol. The number of rotatable bonds is 6. The van der Waals surface area contributed by atoms with Crippen molar-refractivity contribution in [1.82, 2.24) is 14.9 Å². The maximum atomic E-state index is 13.5. The molecule has 1 heterocycles. The number of hydrogen-bond acceptors (Lipinski definition) is 6. The lowest BCUT2D eigenvalue weighted by molar-refractivity contribution is -0.123. The second-order valence-corrected chi connectivity index (χ2v) is 8.33. The van der Waals surface area contributed by atoms with Crippen molar-refractivity contribution in [2.24, 2.45) is 0 Å². The number of hydrogen-bond donors (Lipinski definition) is 1. The fourth-order valence-corrected chi connectivity index (χ4v) is 3.45. The Kier molecular flexibility index (Phi) is 6.47. The predicted molar refractivity (Wildman–Crippen MR) is 117 cm³/mol. The zero-order valence-corrected chi connectivity index (χ0v) is 18.1. The molecule has 0 saturated heterocycles. The Labute approximate surface area is 179 Å². The number of aromatic nitrogens is 2. The van der Waals surface area contributed by atoms with Crippen LogP contribution < -0.4 is 15.0 Å². The molecule has 7 nitrogen and oxygen atoms in total. The Balaban J connectivity index is 2.17. The molecule has 30 heavy (non-hydrogen) atoms. The van der Waals surface area contributed by atoms with Crippen LogP contribution in [-0.2, 0) is 4.79 Å². The van der Waals surface area contributed by atoms with Crippen LogP contribution in [0.3, 0.4) is 0 Å². The van der Waals surface area contributed by atoms with E-state index < -0.39 is 17.5 Å². The summed E-state index contributed by atoms with van der Waals surface area (Å²) in [6.45, 7) is 5.69. The van der Waals surface area contributed by atoms with Crippen molar-refractivity contribution in [2.45, 2.75) is 32.4 Å². The van der Waals surface area contributed by atoms with Gasteiger partial charge in [-0.1, -0.05) is 40.9 Å². The number of ether oxygens (including phenoxy) is 1. The van der Waals surface area contributed by atoms with Gasteiger partial charge in [0.2, 0.25) is 5.91 Å². The van der Waals surface area contributed by atoms with Gasteiger partial charge in [-0.25, -0.2) is 0 Å². The smallest absolute Gasteiger partial charge is 0.280 e. The second-order valence-electron chi connectivity index (χ2n) is 7.72. The van der Waals surface area contributed by atoms with Crippen LogP contribution in [0.2, 0.25) is 0 Å². The molecule has 0 aliphatic heterocycles. The van der Waals surface area contributed by atoms with Gasteiger partial charge in [0.1, 0.15) is 11.8 Å². The maximum Gasteiger partial charge on any atom is 0.280 e. The van der Waals surface area contributed by atoms with E-state index in [1.54, 1.807) is 36.8 Å². The minimum Gasteiger partial charge on any atom is -0.497 e. The number of nitrogens with zero attached hydrogens (tertiary/aromatic N) is 3. The number of methoxy groups -OCH3 is 1. The molecule has 1 unspecified atom stereocenters. The van der Waals surface area contributed by atoms with Gasteiger partial charge in [-0.15, -0.1) is 5.10 Å². The average Bonchev–Trinajstić information content (AvgIpc) is 3.25. The average molecular weight is 425 g/mol. The van der Waals surface area contributed by atoms with E-state index in [-0.39, 0.29) is 11.6 Å². The zero-order valence-electron chi connectivity index (χ0n) is 17.3. The minimum absolute atomic E-state index is 0.173. The highest BCUT2D eigenvalue weighted by molar-refractivity contribution is 7.03. The van der Waals surface area contributed by atoms with Gasteiger partial charge >= 0.3 is 0 Å². The number of carbonyl (C=O) groups is 2. The Bertz CT molecular complexity index is 1000. The van der Waals surface area contributed by atoms with Gasteiger partial charge in [-0.05, 0) is 50.0 Å². The maximum absolute atomic E-state index is 13.5. The van der Waals surface area contributed by atoms with Crippen molar-refractivity contribution in [3.05, 3.63) is 71.2 Å². The molecule has 3 rings (SSSR count). The summed E-state index contributed by atoms with van der Waals surface area (Å²) in [7, 11) is 1.55. The molecule has 0 spiro atoms. The third-order valence-electron chi connectivity index (χ3n) is 4.25.